The molecular formula is C17H30IN5O. The number of nitrogens with one attached hydrogen (secondary N) is 1. The van der Waals surface area contributed by atoms with Crippen molar-refractivity contribution in [3.05, 3.63) is 17.0 Å². The molecule has 7 heteroatoms. The van der Waals surface area contributed by atoms with E-state index in [0.717, 1.165) is 42.6 Å². The Morgan fingerprint density at radius 2 is 2.00 bits per heavy atom. The van der Waals surface area contributed by atoms with Crippen molar-refractivity contribution >= 4 is 29.9 Å². The molecule has 24 heavy (non-hydrogen) atoms. The van der Waals surface area contributed by atoms with Gasteiger partial charge in [-0.1, -0.05) is 11.6 Å². The Morgan fingerprint density at radius 3 is 2.62 bits per heavy atom. The topological polar surface area (TPSA) is 56.9 Å². The van der Waals surface area contributed by atoms with Gasteiger partial charge in [-0.2, -0.15) is 0 Å². The molecule has 1 unspecified atom stereocenters. The highest BCUT2D eigenvalue weighted by atomic mass is 127. The fraction of sp³-hybridized carbons (Fsp3) is 0.765. The summed E-state index contributed by atoms with van der Waals surface area (Å²) in [7, 11) is 1.86. The summed E-state index contributed by atoms with van der Waals surface area (Å²) in [5.41, 5.74) is 2.09. The first-order valence-corrected chi connectivity index (χ1v) is 8.80. The van der Waals surface area contributed by atoms with E-state index in [-0.39, 0.29) is 24.0 Å². The van der Waals surface area contributed by atoms with Gasteiger partial charge in [0, 0.05) is 38.3 Å². The number of aromatic nitrogens is 1. The van der Waals surface area contributed by atoms with Gasteiger partial charge in [0.25, 0.3) is 0 Å². The van der Waals surface area contributed by atoms with Gasteiger partial charge in [-0.15, -0.1) is 24.0 Å². The van der Waals surface area contributed by atoms with Crippen molar-refractivity contribution in [2.24, 2.45) is 4.99 Å². The normalized spacial score (nSPS) is 22.5. The summed E-state index contributed by atoms with van der Waals surface area (Å²) in [5.74, 6) is 1.88. The standard InChI is InChI=1S/C17H29N5O.HI/c1-13-16(14(2)23-20-13)11-19-17(18-3)22-10-7-15(12-22)21-8-5-4-6-9-21;/h15H,4-12H2,1-3H3,(H,18,19);1H. The molecule has 0 saturated carbocycles. The molecule has 1 atom stereocenters. The molecule has 0 aliphatic carbocycles. The number of aryl methyl sites for hydroxylation is 2. The van der Waals surface area contributed by atoms with E-state index in [9.17, 15) is 0 Å². The molecular weight excluding hydrogens is 417 g/mol. The van der Waals surface area contributed by atoms with E-state index in [2.05, 4.69) is 25.3 Å². The molecule has 0 aromatic carbocycles. The van der Waals surface area contributed by atoms with Crippen LogP contribution < -0.4 is 5.32 Å². The lowest BCUT2D eigenvalue weighted by Gasteiger charge is -2.32. The van der Waals surface area contributed by atoms with Gasteiger partial charge in [-0.3, -0.25) is 9.89 Å². The summed E-state index contributed by atoms with van der Waals surface area (Å²) in [6.07, 6.45) is 5.35. The van der Waals surface area contributed by atoms with Crippen molar-refractivity contribution in [1.29, 1.82) is 0 Å². The zero-order valence-electron chi connectivity index (χ0n) is 15.0. The molecule has 1 N–H and O–H groups in total. The molecule has 2 aliphatic rings. The molecule has 2 saturated heterocycles. The molecule has 136 valence electrons. The molecule has 2 aliphatic heterocycles. The van der Waals surface area contributed by atoms with E-state index in [4.69, 9.17) is 4.52 Å². The van der Waals surface area contributed by atoms with Crippen LogP contribution in [-0.2, 0) is 6.54 Å². The van der Waals surface area contributed by atoms with Crippen LogP contribution in [0.2, 0.25) is 0 Å². The Kier molecular flexibility index (Phi) is 7.34. The second-order valence-electron chi connectivity index (χ2n) is 6.69. The van der Waals surface area contributed by atoms with E-state index in [1.165, 1.54) is 38.8 Å². The fourth-order valence-corrected chi connectivity index (χ4v) is 3.77. The maximum atomic E-state index is 5.23. The summed E-state index contributed by atoms with van der Waals surface area (Å²) in [6.45, 7) is 9.37. The minimum absolute atomic E-state index is 0. The first-order chi connectivity index (χ1) is 11.2. The number of hydrogen-bond acceptors (Lipinski definition) is 4. The third-order valence-corrected chi connectivity index (χ3v) is 5.19. The maximum absolute atomic E-state index is 5.23. The highest BCUT2D eigenvalue weighted by Gasteiger charge is 2.30. The lowest BCUT2D eigenvalue weighted by Crippen LogP contribution is -2.44. The van der Waals surface area contributed by atoms with Gasteiger partial charge < -0.3 is 14.7 Å². The van der Waals surface area contributed by atoms with Gasteiger partial charge in [-0.05, 0) is 46.2 Å². The Morgan fingerprint density at radius 1 is 1.25 bits per heavy atom. The second kappa shape index (κ2) is 9.03. The molecule has 0 amide bonds. The monoisotopic (exact) mass is 447 g/mol. The van der Waals surface area contributed by atoms with Crippen LogP contribution in [0.25, 0.3) is 0 Å². The summed E-state index contributed by atoms with van der Waals surface area (Å²) in [6, 6.07) is 0.688. The zero-order valence-corrected chi connectivity index (χ0v) is 17.4. The number of piperidine rings is 1. The lowest BCUT2D eigenvalue weighted by molar-refractivity contribution is 0.168. The van der Waals surface area contributed by atoms with E-state index in [1.54, 1.807) is 0 Å². The van der Waals surface area contributed by atoms with Crippen LogP contribution in [0.3, 0.4) is 0 Å². The van der Waals surface area contributed by atoms with Crippen LogP contribution in [0.5, 0.6) is 0 Å². The van der Waals surface area contributed by atoms with E-state index < -0.39 is 0 Å². The van der Waals surface area contributed by atoms with Crippen molar-refractivity contribution in [2.75, 3.05) is 33.2 Å². The first-order valence-electron chi connectivity index (χ1n) is 8.80. The van der Waals surface area contributed by atoms with Crippen LogP contribution in [0.4, 0.5) is 0 Å². The number of halogens is 1. The summed E-state index contributed by atoms with van der Waals surface area (Å²) in [5, 5.41) is 7.49. The minimum Gasteiger partial charge on any atom is -0.361 e. The highest BCUT2D eigenvalue weighted by Crippen LogP contribution is 2.20. The van der Waals surface area contributed by atoms with Crippen molar-refractivity contribution in [3.8, 4) is 0 Å². The third-order valence-electron chi connectivity index (χ3n) is 5.19. The van der Waals surface area contributed by atoms with Gasteiger partial charge in [0.2, 0.25) is 0 Å². The number of rotatable bonds is 3. The predicted molar refractivity (Wildman–Crippen MR) is 107 cm³/mol. The van der Waals surface area contributed by atoms with Crippen LogP contribution in [0.1, 0.15) is 42.7 Å². The second-order valence-corrected chi connectivity index (χ2v) is 6.69. The average Bonchev–Trinajstić information content (AvgIpc) is 3.18. The zero-order chi connectivity index (χ0) is 16.2. The smallest absolute Gasteiger partial charge is 0.193 e. The summed E-state index contributed by atoms with van der Waals surface area (Å²) < 4.78 is 5.23. The van der Waals surface area contributed by atoms with E-state index in [1.807, 2.05) is 20.9 Å². The van der Waals surface area contributed by atoms with Gasteiger partial charge in [0.15, 0.2) is 5.96 Å². The molecule has 1 aromatic heterocycles. The van der Waals surface area contributed by atoms with E-state index >= 15 is 0 Å². The Bertz CT molecular complexity index is 534. The highest BCUT2D eigenvalue weighted by molar-refractivity contribution is 14.0. The largest absolute Gasteiger partial charge is 0.361 e. The van der Waals surface area contributed by atoms with Crippen molar-refractivity contribution in [2.45, 2.75) is 52.1 Å². The molecule has 3 heterocycles. The number of guanidine groups is 1. The SMILES string of the molecule is CN=C(NCc1c(C)noc1C)N1CCC(N2CCCCC2)C1.I. The Hall–Kier alpha value is -0.830. The molecule has 0 spiro atoms. The quantitative estimate of drug-likeness (QED) is 0.439. The molecule has 3 rings (SSSR count). The number of aliphatic imine (C=N–C) groups is 1. The summed E-state index contributed by atoms with van der Waals surface area (Å²) in [4.78, 5) is 9.53. The van der Waals surface area contributed by atoms with Crippen molar-refractivity contribution in [1.82, 2.24) is 20.3 Å². The molecule has 6 nitrogen and oxygen atoms in total. The first kappa shape index (κ1) is 19.5. The molecule has 1 aromatic rings. The van der Waals surface area contributed by atoms with Crippen molar-refractivity contribution in [3.63, 3.8) is 0 Å². The van der Waals surface area contributed by atoms with Crippen LogP contribution >= 0.6 is 24.0 Å². The Balaban J connectivity index is 0.00000208. The van der Waals surface area contributed by atoms with Crippen LogP contribution in [-0.4, -0.2) is 60.2 Å². The van der Waals surface area contributed by atoms with Crippen LogP contribution in [0.15, 0.2) is 9.52 Å². The summed E-state index contributed by atoms with van der Waals surface area (Å²) >= 11 is 0. The average molecular weight is 447 g/mol. The Labute approximate surface area is 162 Å². The minimum atomic E-state index is 0. The molecule has 0 radical (unpaired) electrons. The maximum Gasteiger partial charge on any atom is 0.193 e. The van der Waals surface area contributed by atoms with Gasteiger partial charge >= 0.3 is 0 Å². The van der Waals surface area contributed by atoms with Crippen LogP contribution in [0, 0.1) is 13.8 Å². The number of likely N-dealkylation sites (tertiary alicyclic amines) is 2. The number of nitrogens with zero attached hydrogens (tertiary/aromatic N) is 4. The van der Waals surface area contributed by atoms with Gasteiger partial charge in [0.05, 0.1) is 5.69 Å². The molecule has 2 fully saturated rings. The van der Waals surface area contributed by atoms with Crippen molar-refractivity contribution < 1.29 is 4.52 Å². The van der Waals surface area contributed by atoms with E-state index in [0.29, 0.717) is 6.04 Å². The molecule has 0 bridgehead atoms. The lowest BCUT2D eigenvalue weighted by atomic mass is 10.1. The predicted octanol–water partition coefficient (Wildman–Crippen LogP) is 2.55. The number of hydrogen-bond donors (Lipinski definition) is 1. The van der Waals surface area contributed by atoms with Gasteiger partial charge in [0.1, 0.15) is 5.76 Å². The fourth-order valence-electron chi connectivity index (χ4n) is 3.77. The van der Waals surface area contributed by atoms with Gasteiger partial charge in [-0.25, -0.2) is 0 Å². The third kappa shape index (κ3) is 4.41.